The number of nitrogens with zero attached hydrogens (tertiary/aromatic N) is 3. The number of ether oxygens (including phenoxy) is 2. The lowest BCUT2D eigenvalue weighted by Gasteiger charge is -2.37. The molecule has 0 N–H and O–H groups in total. The summed E-state index contributed by atoms with van der Waals surface area (Å²) in [4.78, 5) is 29.6. The summed E-state index contributed by atoms with van der Waals surface area (Å²) in [6.07, 6.45) is 0. The van der Waals surface area contributed by atoms with E-state index in [1.165, 1.54) is 26.2 Å². The fourth-order valence-electron chi connectivity index (χ4n) is 3.88. The summed E-state index contributed by atoms with van der Waals surface area (Å²) < 4.78 is 49.0. The first-order valence-corrected chi connectivity index (χ1v) is 10.8. The summed E-state index contributed by atoms with van der Waals surface area (Å²) in [7, 11) is 3.16. The molecule has 0 unspecified atom stereocenters. The molecule has 34 heavy (non-hydrogen) atoms. The molecule has 0 aromatic heterocycles. The third-order valence-electron chi connectivity index (χ3n) is 5.63. The Morgan fingerprint density at radius 1 is 1.06 bits per heavy atom. The minimum atomic E-state index is -2.95. The van der Waals surface area contributed by atoms with Crippen LogP contribution >= 0.6 is 0 Å². The van der Waals surface area contributed by atoms with Gasteiger partial charge in [0.1, 0.15) is 5.82 Å². The molecule has 1 heterocycles. The van der Waals surface area contributed by atoms with Crippen molar-refractivity contribution in [3.05, 3.63) is 53.3 Å². The standard InChI is InChI=1S/C24H28F3N3O4/c1-16(31)18-5-6-20(19(25)13-18)29-8-10-30(11-9-29)23(32)15-28(2)14-17-4-7-21(34-24(26)27)22(12-17)33-3/h4-7,12-13,24H,8-11,14-15H2,1-3H3. The molecule has 1 aliphatic rings. The number of methoxy groups -OCH3 is 1. The number of carbonyl (C=O) groups excluding carboxylic acids is 2. The van der Waals surface area contributed by atoms with Gasteiger partial charge in [-0.2, -0.15) is 8.78 Å². The number of ketones is 1. The second-order valence-electron chi connectivity index (χ2n) is 8.13. The van der Waals surface area contributed by atoms with Crippen molar-refractivity contribution < 1.29 is 32.2 Å². The summed E-state index contributed by atoms with van der Waals surface area (Å²) >= 11 is 0. The van der Waals surface area contributed by atoms with Gasteiger partial charge in [-0.15, -0.1) is 0 Å². The minimum absolute atomic E-state index is 0.0507. The zero-order chi connectivity index (χ0) is 24.8. The Morgan fingerprint density at radius 2 is 1.76 bits per heavy atom. The van der Waals surface area contributed by atoms with E-state index in [4.69, 9.17) is 4.74 Å². The second kappa shape index (κ2) is 11.2. The Kier molecular flexibility index (Phi) is 8.38. The fourth-order valence-corrected chi connectivity index (χ4v) is 3.88. The summed E-state index contributed by atoms with van der Waals surface area (Å²) in [5, 5.41) is 0. The maximum atomic E-state index is 14.4. The van der Waals surface area contributed by atoms with Gasteiger partial charge in [0, 0.05) is 38.3 Å². The largest absolute Gasteiger partial charge is 0.493 e. The van der Waals surface area contributed by atoms with Crippen LogP contribution in [-0.4, -0.2) is 75.0 Å². The van der Waals surface area contributed by atoms with Crippen LogP contribution in [0.25, 0.3) is 0 Å². The van der Waals surface area contributed by atoms with Crippen LogP contribution in [0.1, 0.15) is 22.8 Å². The second-order valence-corrected chi connectivity index (χ2v) is 8.13. The molecule has 0 aliphatic carbocycles. The van der Waals surface area contributed by atoms with Gasteiger partial charge in [-0.05, 0) is 49.9 Å². The van der Waals surface area contributed by atoms with E-state index in [9.17, 15) is 22.8 Å². The van der Waals surface area contributed by atoms with Crippen molar-refractivity contribution in [1.29, 1.82) is 0 Å². The Balaban J connectivity index is 1.52. The SMILES string of the molecule is COc1cc(CN(C)CC(=O)N2CCN(c3ccc(C(C)=O)cc3F)CC2)ccc1OC(F)F. The highest BCUT2D eigenvalue weighted by molar-refractivity contribution is 5.94. The van der Waals surface area contributed by atoms with E-state index in [0.717, 1.165) is 5.56 Å². The molecule has 2 aromatic carbocycles. The van der Waals surface area contributed by atoms with Crippen molar-refractivity contribution in [2.75, 3.05) is 51.8 Å². The van der Waals surface area contributed by atoms with Crippen LogP contribution in [0, 0.1) is 5.82 Å². The summed E-state index contributed by atoms with van der Waals surface area (Å²) in [6.45, 7) is 0.885. The molecule has 0 atom stereocenters. The predicted octanol–water partition coefficient (Wildman–Crippen LogP) is 3.42. The third-order valence-corrected chi connectivity index (χ3v) is 5.63. The van der Waals surface area contributed by atoms with Crippen LogP contribution in [0.3, 0.4) is 0 Å². The van der Waals surface area contributed by atoms with Crippen molar-refractivity contribution in [2.45, 2.75) is 20.1 Å². The van der Waals surface area contributed by atoms with Crippen LogP contribution in [0.15, 0.2) is 36.4 Å². The first-order valence-electron chi connectivity index (χ1n) is 10.8. The van der Waals surface area contributed by atoms with E-state index < -0.39 is 12.4 Å². The minimum Gasteiger partial charge on any atom is -0.493 e. The normalized spacial score (nSPS) is 14.0. The first-order chi connectivity index (χ1) is 16.2. The molecule has 0 radical (unpaired) electrons. The van der Waals surface area contributed by atoms with Crippen molar-refractivity contribution in [3.63, 3.8) is 0 Å². The average Bonchev–Trinajstić information content (AvgIpc) is 2.79. The number of anilines is 1. The van der Waals surface area contributed by atoms with Crippen molar-refractivity contribution >= 4 is 17.4 Å². The molecule has 1 amide bonds. The van der Waals surface area contributed by atoms with E-state index in [0.29, 0.717) is 44.0 Å². The molecule has 10 heteroatoms. The summed E-state index contributed by atoms with van der Waals surface area (Å²) in [6, 6.07) is 9.11. The van der Waals surface area contributed by atoms with Crippen LogP contribution in [-0.2, 0) is 11.3 Å². The number of rotatable bonds is 9. The van der Waals surface area contributed by atoms with Gasteiger partial charge >= 0.3 is 6.61 Å². The lowest BCUT2D eigenvalue weighted by molar-refractivity contribution is -0.132. The maximum Gasteiger partial charge on any atom is 0.387 e. The molecular formula is C24H28F3N3O4. The zero-order valence-corrected chi connectivity index (χ0v) is 19.4. The van der Waals surface area contributed by atoms with Crippen LogP contribution < -0.4 is 14.4 Å². The van der Waals surface area contributed by atoms with Gasteiger partial charge in [-0.1, -0.05) is 6.07 Å². The summed E-state index contributed by atoms with van der Waals surface area (Å²) in [5.74, 6) is -0.560. The highest BCUT2D eigenvalue weighted by Gasteiger charge is 2.24. The first kappa shape index (κ1) is 25.4. The molecule has 0 bridgehead atoms. The van der Waals surface area contributed by atoms with Gasteiger partial charge in [0.05, 0.1) is 19.3 Å². The van der Waals surface area contributed by atoms with Gasteiger partial charge in [0.15, 0.2) is 17.3 Å². The van der Waals surface area contributed by atoms with E-state index in [2.05, 4.69) is 4.74 Å². The monoisotopic (exact) mass is 479 g/mol. The van der Waals surface area contributed by atoms with Gasteiger partial charge < -0.3 is 19.3 Å². The molecular weight excluding hydrogens is 451 g/mol. The van der Waals surface area contributed by atoms with E-state index >= 15 is 0 Å². The molecule has 0 saturated carbocycles. The van der Waals surface area contributed by atoms with Gasteiger partial charge in [-0.25, -0.2) is 4.39 Å². The molecule has 7 nitrogen and oxygen atoms in total. The number of amides is 1. The Labute approximate surface area is 196 Å². The third kappa shape index (κ3) is 6.40. The van der Waals surface area contributed by atoms with E-state index in [-0.39, 0.29) is 29.7 Å². The van der Waals surface area contributed by atoms with Gasteiger partial charge in [0.2, 0.25) is 5.91 Å². The van der Waals surface area contributed by atoms with E-state index in [1.807, 2.05) is 9.80 Å². The number of likely N-dealkylation sites (N-methyl/N-ethyl adjacent to an activating group) is 1. The number of halogens is 3. The van der Waals surface area contributed by atoms with Gasteiger partial charge in [0.25, 0.3) is 0 Å². The predicted molar refractivity (Wildman–Crippen MR) is 121 cm³/mol. The lowest BCUT2D eigenvalue weighted by Crippen LogP contribution is -2.51. The smallest absolute Gasteiger partial charge is 0.387 e. The highest BCUT2D eigenvalue weighted by Crippen LogP contribution is 2.30. The number of Topliss-reactive ketones (excluding diaryl/α,β-unsaturated/α-hetero) is 1. The number of carbonyl (C=O) groups is 2. The van der Waals surface area contributed by atoms with Crippen LogP contribution in [0.4, 0.5) is 18.9 Å². The number of alkyl halides is 2. The Hall–Kier alpha value is -3.27. The molecule has 0 spiro atoms. The van der Waals surface area contributed by atoms with E-state index in [1.54, 1.807) is 36.2 Å². The topological polar surface area (TPSA) is 62.3 Å². The number of piperazine rings is 1. The quantitative estimate of drug-likeness (QED) is 0.514. The molecule has 1 saturated heterocycles. The molecule has 2 aromatic rings. The number of hydrogen-bond donors (Lipinski definition) is 0. The number of benzene rings is 2. The average molecular weight is 479 g/mol. The Morgan fingerprint density at radius 3 is 2.35 bits per heavy atom. The summed E-state index contributed by atoms with van der Waals surface area (Å²) in [5.41, 5.74) is 1.53. The molecule has 1 fully saturated rings. The van der Waals surface area contributed by atoms with Crippen molar-refractivity contribution in [3.8, 4) is 11.5 Å². The number of hydrogen-bond acceptors (Lipinski definition) is 6. The van der Waals surface area contributed by atoms with Gasteiger partial charge in [-0.3, -0.25) is 14.5 Å². The Bertz CT molecular complexity index is 1030. The van der Waals surface area contributed by atoms with Crippen LogP contribution in [0.2, 0.25) is 0 Å². The maximum absolute atomic E-state index is 14.4. The van der Waals surface area contributed by atoms with Crippen LogP contribution in [0.5, 0.6) is 11.5 Å². The molecule has 3 rings (SSSR count). The fraction of sp³-hybridized carbons (Fsp3) is 0.417. The van der Waals surface area contributed by atoms with Crippen molar-refractivity contribution in [2.24, 2.45) is 0 Å². The molecule has 184 valence electrons. The zero-order valence-electron chi connectivity index (χ0n) is 19.4. The molecule has 1 aliphatic heterocycles. The lowest BCUT2D eigenvalue weighted by atomic mass is 10.1. The van der Waals surface area contributed by atoms with Crippen molar-refractivity contribution in [1.82, 2.24) is 9.80 Å². The highest BCUT2D eigenvalue weighted by atomic mass is 19.3.